The van der Waals surface area contributed by atoms with E-state index in [2.05, 4.69) is 10.4 Å². The topological polar surface area (TPSA) is 99.9 Å². The number of aryl methyl sites for hydroxylation is 1. The fraction of sp³-hybridized carbons (Fsp3) is 0.214. The predicted molar refractivity (Wildman–Crippen MR) is 88.5 cm³/mol. The molecule has 10 heteroatoms. The van der Waals surface area contributed by atoms with Crippen LogP contribution in [0.4, 0.5) is 10.3 Å². The minimum absolute atomic E-state index is 0.0744. The molecule has 0 spiro atoms. The number of rotatable bonds is 3. The summed E-state index contributed by atoms with van der Waals surface area (Å²) in [5.74, 6) is 5.06. The Morgan fingerprint density at radius 1 is 1.29 bits per heavy atom. The molecule has 0 atom stereocenters. The Bertz CT molecular complexity index is 1050. The van der Waals surface area contributed by atoms with Gasteiger partial charge in [-0.2, -0.15) is 4.98 Å². The maximum atomic E-state index is 14.1. The van der Waals surface area contributed by atoms with Crippen molar-refractivity contribution in [2.75, 3.05) is 5.43 Å². The van der Waals surface area contributed by atoms with E-state index in [0.717, 1.165) is 4.57 Å². The summed E-state index contributed by atoms with van der Waals surface area (Å²) in [6.45, 7) is -0.0744. The van der Waals surface area contributed by atoms with Crippen LogP contribution in [0.5, 0.6) is 0 Å². The highest BCUT2D eigenvalue weighted by Crippen LogP contribution is 2.23. The van der Waals surface area contributed by atoms with Crippen molar-refractivity contribution in [1.82, 2.24) is 18.7 Å². The Morgan fingerprint density at radius 2 is 2.00 bits per heavy atom. The van der Waals surface area contributed by atoms with Crippen LogP contribution in [0.15, 0.2) is 27.8 Å². The van der Waals surface area contributed by atoms with Crippen molar-refractivity contribution in [2.24, 2.45) is 19.9 Å². The van der Waals surface area contributed by atoms with E-state index in [4.69, 9.17) is 17.4 Å². The zero-order valence-corrected chi connectivity index (χ0v) is 13.6. The first-order valence-corrected chi connectivity index (χ1v) is 7.30. The van der Waals surface area contributed by atoms with Gasteiger partial charge in [0, 0.05) is 24.7 Å². The summed E-state index contributed by atoms with van der Waals surface area (Å²) in [5.41, 5.74) is 1.72. The molecule has 0 aliphatic rings. The highest BCUT2D eigenvalue weighted by atomic mass is 35.5. The Kier molecular flexibility index (Phi) is 3.90. The van der Waals surface area contributed by atoms with E-state index in [-0.39, 0.29) is 34.2 Å². The number of nitrogens with zero attached hydrogens (tertiary/aromatic N) is 4. The molecule has 2 aromatic heterocycles. The van der Waals surface area contributed by atoms with Crippen molar-refractivity contribution in [3.8, 4) is 0 Å². The Hall–Kier alpha value is -2.65. The molecular formula is C14H14ClFN6O2. The van der Waals surface area contributed by atoms with Crippen LogP contribution in [0.2, 0.25) is 5.02 Å². The highest BCUT2D eigenvalue weighted by molar-refractivity contribution is 6.31. The average molecular weight is 353 g/mol. The minimum atomic E-state index is -0.561. The van der Waals surface area contributed by atoms with E-state index >= 15 is 0 Å². The maximum Gasteiger partial charge on any atom is 0.332 e. The lowest BCUT2D eigenvalue weighted by Gasteiger charge is -2.11. The molecule has 24 heavy (non-hydrogen) atoms. The number of nitrogens with two attached hydrogens (primary N) is 1. The third-order valence-corrected chi connectivity index (χ3v) is 4.21. The van der Waals surface area contributed by atoms with E-state index in [1.807, 2.05) is 0 Å². The maximum absolute atomic E-state index is 14.1. The molecule has 0 radical (unpaired) electrons. The van der Waals surface area contributed by atoms with Gasteiger partial charge in [-0.3, -0.25) is 23.9 Å². The zero-order valence-electron chi connectivity index (χ0n) is 12.9. The predicted octanol–water partition coefficient (Wildman–Crippen LogP) is 0.560. The average Bonchev–Trinajstić information content (AvgIpc) is 2.93. The standard InChI is InChI=1S/C14H14ClFN6O2/c1-20-11-10(12(23)21(2)14(20)24)22(13(18-11)19-17)6-7-8(15)4-3-5-9(7)16/h3-5H,6,17H2,1-2H3,(H,18,19). The lowest BCUT2D eigenvalue weighted by molar-refractivity contribution is 0.601. The highest BCUT2D eigenvalue weighted by Gasteiger charge is 2.20. The van der Waals surface area contributed by atoms with E-state index in [1.165, 1.54) is 35.4 Å². The molecule has 0 bridgehead atoms. The van der Waals surface area contributed by atoms with Gasteiger partial charge in [0.15, 0.2) is 11.2 Å². The Labute approximate surface area is 139 Å². The third-order valence-electron chi connectivity index (χ3n) is 3.85. The minimum Gasteiger partial charge on any atom is -0.299 e. The Balaban J connectivity index is 2.36. The SMILES string of the molecule is Cn1c(=O)c2c(nc(NN)n2Cc2c(F)cccc2Cl)n(C)c1=O. The van der Waals surface area contributed by atoms with Gasteiger partial charge in [-0.25, -0.2) is 15.0 Å². The first-order valence-electron chi connectivity index (χ1n) is 6.92. The van der Waals surface area contributed by atoms with Crippen molar-refractivity contribution in [3.05, 3.63) is 55.4 Å². The van der Waals surface area contributed by atoms with Crippen LogP contribution in [0.1, 0.15) is 5.56 Å². The quantitative estimate of drug-likeness (QED) is 0.530. The van der Waals surface area contributed by atoms with Gasteiger partial charge in [0.1, 0.15) is 5.82 Å². The van der Waals surface area contributed by atoms with E-state index in [9.17, 15) is 14.0 Å². The summed E-state index contributed by atoms with van der Waals surface area (Å²) < 4.78 is 17.7. The van der Waals surface area contributed by atoms with E-state index < -0.39 is 17.1 Å². The summed E-state index contributed by atoms with van der Waals surface area (Å²) >= 11 is 6.06. The van der Waals surface area contributed by atoms with Crippen molar-refractivity contribution in [1.29, 1.82) is 0 Å². The Morgan fingerprint density at radius 3 is 2.62 bits per heavy atom. The van der Waals surface area contributed by atoms with Crippen LogP contribution in [0.25, 0.3) is 11.2 Å². The van der Waals surface area contributed by atoms with Crippen molar-refractivity contribution in [2.45, 2.75) is 6.54 Å². The number of benzene rings is 1. The lowest BCUT2D eigenvalue weighted by atomic mass is 10.2. The fourth-order valence-electron chi connectivity index (χ4n) is 2.55. The summed E-state index contributed by atoms with van der Waals surface area (Å²) in [5, 5.41) is 0.210. The van der Waals surface area contributed by atoms with Crippen LogP contribution < -0.4 is 22.5 Å². The number of imidazole rings is 1. The van der Waals surface area contributed by atoms with Crippen LogP contribution in [0, 0.1) is 5.82 Å². The summed E-state index contributed by atoms with van der Waals surface area (Å²) in [7, 11) is 2.84. The smallest absolute Gasteiger partial charge is 0.299 e. The number of halogens is 2. The molecule has 0 aliphatic heterocycles. The molecule has 1 aromatic carbocycles. The van der Waals surface area contributed by atoms with E-state index in [0.29, 0.717) is 0 Å². The fourth-order valence-corrected chi connectivity index (χ4v) is 2.77. The molecule has 0 fully saturated rings. The number of aromatic nitrogens is 4. The number of anilines is 1. The van der Waals surface area contributed by atoms with Gasteiger partial charge in [-0.15, -0.1) is 0 Å². The van der Waals surface area contributed by atoms with Gasteiger partial charge in [-0.1, -0.05) is 17.7 Å². The van der Waals surface area contributed by atoms with Gasteiger partial charge in [-0.05, 0) is 12.1 Å². The lowest BCUT2D eigenvalue weighted by Crippen LogP contribution is -2.37. The normalized spacial score (nSPS) is 11.2. The van der Waals surface area contributed by atoms with Crippen molar-refractivity contribution >= 4 is 28.7 Å². The second-order valence-electron chi connectivity index (χ2n) is 5.24. The molecule has 0 saturated carbocycles. The second-order valence-corrected chi connectivity index (χ2v) is 5.65. The van der Waals surface area contributed by atoms with Gasteiger partial charge in [0.25, 0.3) is 5.56 Å². The molecule has 3 aromatic rings. The first kappa shape index (κ1) is 16.2. The van der Waals surface area contributed by atoms with Gasteiger partial charge >= 0.3 is 5.69 Å². The largest absolute Gasteiger partial charge is 0.332 e. The number of nitrogens with one attached hydrogen (secondary N) is 1. The number of hydrogen-bond donors (Lipinski definition) is 2. The molecule has 126 valence electrons. The van der Waals surface area contributed by atoms with Gasteiger partial charge in [0.2, 0.25) is 5.95 Å². The number of hydrogen-bond acceptors (Lipinski definition) is 5. The first-order chi connectivity index (χ1) is 11.4. The molecule has 3 N–H and O–H groups in total. The van der Waals surface area contributed by atoms with Crippen LogP contribution in [-0.4, -0.2) is 18.7 Å². The van der Waals surface area contributed by atoms with Crippen LogP contribution in [0.3, 0.4) is 0 Å². The van der Waals surface area contributed by atoms with Crippen LogP contribution in [-0.2, 0) is 20.6 Å². The number of hydrazine groups is 1. The molecule has 2 heterocycles. The van der Waals surface area contributed by atoms with Crippen LogP contribution >= 0.6 is 11.6 Å². The summed E-state index contributed by atoms with van der Waals surface area (Å²) in [6, 6.07) is 4.30. The second kappa shape index (κ2) is 5.77. The summed E-state index contributed by atoms with van der Waals surface area (Å²) in [4.78, 5) is 28.7. The van der Waals surface area contributed by atoms with Crippen molar-refractivity contribution < 1.29 is 4.39 Å². The third kappa shape index (κ3) is 2.29. The zero-order chi connectivity index (χ0) is 17.6. The van der Waals surface area contributed by atoms with E-state index in [1.54, 1.807) is 6.07 Å². The van der Waals surface area contributed by atoms with Crippen molar-refractivity contribution in [3.63, 3.8) is 0 Å². The molecule has 8 nitrogen and oxygen atoms in total. The number of fused-ring (bicyclic) bond motifs is 1. The molecular weight excluding hydrogens is 339 g/mol. The molecule has 0 amide bonds. The molecule has 3 rings (SSSR count). The molecule has 0 saturated heterocycles. The molecule has 0 unspecified atom stereocenters. The summed E-state index contributed by atoms with van der Waals surface area (Å²) in [6.07, 6.45) is 0. The van der Waals surface area contributed by atoms with Gasteiger partial charge in [0.05, 0.1) is 6.54 Å². The van der Waals surface area contributed by atoms with Gasteiger partial charge < -0.3 is 0 Å². The molecule has 0 aliphatic carbocycles. The monoisotopic (exact) mass is 352 g/mol. The number of nitrogen functional groups attached to an aromatic ring is 1.